The molecule has 0 bridgehead atoms. The van der Waals surface area contributed by atoms with Gasteiger partial charge in [0.25, 0.3) is 0 Å². The molecule has 855 valence electrons. The van der Waals surface area contributed by atoms with Crippen LogP contribution in [-0.4, -0.2) is 221 Å². The first kappa shape index (κ1) is 173. The van der Waals surface area contributed by atoms with E-state index in [0.29, 0.717) is 55.9 Å². The van der Waals surface area contributed by atoms with E-state index in [-0.39, 0.29) is 117 Å². The molecule has 2 unspecified atom stereocenters. The molecule has 150 heavy (non-hydrogen) atoms. The molecule has 2 aliphatic heterocycles. The fraction of sp³-hybridized carbons (Fsp3) is 0.554. The zero-order valence-electron chi connectivity index (χ0n) is 88.6. The van der Waals surface area contributed by atoms with Crippen molar-refractivity contribution >= 4 is 340 Å². The van der Waals surface area contributed by atoms with Gasteiger partial charge in [-0.3, -0.25) is 28.9 Å². The van der Waals surface area contributed by atoms with Crippen molar-refractivity contribution in [3.05, 3.63) is 186 Å². The van der Waals surface area contributed by atoms with Crippen LogP contribution in [0.5, 0.6) is 0 Å². The Hall–Kier alpha value is -1.76. The summed E-state index contributed by atoms with van der Waals surface area (Å²) in [7, 11) is 0. The van der Waals surface area contributed by atoms with E-state index in [2.05, 4.69) is 273 Å². The Bertz CT molecular complexity index is 4290. The maximum Gasteiger partial charge on any atom is 1.00 e. The number of hydrogen-bond donors (Lipinski definition) is 11. The van der Waals surface area contributed by atoms with Crippen molar-refractivity contribution in [2.75, 3.05) is 30.2 Å². The predicted molar refractivity (Wildman–Crippen MR) is 686 cm³/mol. The number of benzene rings is 4. The number of nitrogens with one attached hydrogen (secondary N) is 7. The number of carboxylic acids is 3. The maximum atomic E-state index is 13.4. The van der Waals surface area contributed by atoms with E-state index < -0.39 is 130 Å². The molecule has 7 amide bonds. The van der Waals surface area contributed by atoms with Gasteiger partial charge in [0.1, 0.15) is 76.9 Å². The molecule has 7 atom stereocenters. The smallest absolute Gasteiger partial charge is 0.870 e. The summed E-state index contributed by atoms with van der Waals surface area (Å²) in [4.78, 5) is 168. The summed E-state index contributed by atoms with van der Waals surface area (Å²) < 4.78 is 38.2. The number of ketones is 2. The quantitative estimate of drug-likeness (QED) is 0.00424. The first-order valence-corrected chi connectivity index (χ1v) is 71.4. The number of nitrogens with zero attached hydrogens (tertiary/aromatic N) is 1. The third-order valence-electron chi connectivity index (χ3n) is 16.6. The summed E-state index contributed by atoms with van der Waals surface area (Å²) >= 11 is 28.1. The number of nitrogens with two attached hydrogens (primary N) is 1. The Morgan fingerprint density at radius 1 is 0.493 bits per heavy atom. The summed E-state index contributed by atoms with van der Waals surface area (Å²) in [6.07, 6.45) is 7.62. The summed E-state index contributed by atoms with van der Waals surface area (Å²) in [6, 6.07) is 32.5. The van der Waals surface area contributed by atoms with Gasteiger partial charge < -0.3 is 124 Å². The molecular weight excluding hydrogens is 3320 g/mol. The van der Waals surface area contributed by atoms with Crippen LogP contribution in [0.15, 0.2) is 159 Å². The van der Waals surface area contributed by atoms with Gasteiger partial charge >= 0.3 is 144 Å². The SMILES string of the molecule is C.C.C=CCBr.C=CCC[C@H](NC(=O)OC(C)(C)C)C(=O)O.C=CCC[C@H](NC(=O)OC(C)(C)C)C(C)=O.CC(=O)[C@H](CI)NC(=O)OC(C)(C)C.CC(C)(C)OC(=O)[C@H]1CCCN1.CC(C)(C)OC(=O)[C@H]1CCCN1C(=O)C(Cc1ccccc1)NC(=O)C(C)(C)N.CC(C)(NC(=O)OCc1ccccc1)C(=O)O.CI.IC(I)I.ICI.O=C(NC(Cc1ccccc1)C(=O)O)OCc1ccccc1.[CH2-]I.[I][V]([I])[I].[Li+].[OH-].[V]. The van der Waals surface area contributed by atoms with Crippen molar-refractivity contribution in [2.24, 2.45) is 5.73 Å². The normalized spacial score (nSPS) is 13.1. The molecule has 4 aromatic carbocycles. The van der Waals surface area contributed by atoms with E-state index in [1.807, 2.05) is 192 Å². The number of amides is 7. The number of Topliss-reactive ketones (excluding diaryl/α,β-unsaturated/α-hetero) is 2. The molecule has 0 aliphatic carbocycles. The number of esters is 2. The fourth-order valence-electron chi connectivity index (χ4n) is 10.3. The standard InChI is InChI=1S/C22H33N3O4.C17H17NO4.C12H15NO4.C12H21NO3.C11H19NO4.C9H16INO3.C9H17NO2.C3H5Br.CHI3.CH2I2.CH3I.CH2I.2CH4.3HI.Li.H2O.2V/c1-21(2,3)29-19(27)17-12-9-13-25(17)18(26)16(24-20(28)22(4,5)23)14-15-10-7-6-8-11-15;19-16(20)15(11-13-7-3-1-4-8-13)18-17(21)22-12-14-9-5-2-6-10-14;1-12(2,10(14)15)13-11(16)17-8-9-6-4-3-5-7-9;1-6-7-8-10(9(2)14)13-11(15)16-12(3,4)5;1-5-6-7-8(9(13)14)12-10(15)16-11(2,3)4;1-6(12)7(5-10)11-8(13)14-9(2,3)4;1-9(2,3)12-8(11)7-5-4-6-10-7;1-2-3-4;2-1(3)4;2-1-3;2*1-2;;;;;;;;;/h6-8,10-11,16-17H,9,12-14,23H2,1-5H3,(H,24,28);1-10,15H,11-12H2,(H,18,21)(H,19,20);3-7H,8H2,1-2H3,(H,13,16)(H,14,15);6,10H,1,7-8H2,2-5H3,(H,13,15);5,8H,1,6-7H2,2-4H3,(H,12,15)(H,13,14);7H,5H2,1-4H3,(H,11,13);7,10H,4-6H2,1-3H3;2H,1,3H2;1H;1H2;1H3;1H2;2*1H4;3*1H;;1H2;;/q;;;;;;;;;;;-1;;;;;;+1;;;+3/p-4/t16?,17-;;;10-;8-;2*7-;;;;;;;;;;;;;;/m1..0001............../s1. The molecule has 34 nitrogen and oxygen atoms in total. The number of hydrogen-bond acceptors (Lipinski definition) is 24. The van der Waals surface area contributed by atoms with Crippen LogP contribution in [0.4, 0.5) is 24.0 Å². The maximum absolute atomic E-state index is 13.4. The predicted octanol–water partition coefficient (Wildman–Crippen LogP) is 22.5. The second-order valence-electron chi connectivity index (χ2n) is 36.3. The van der Waals surface area contributed by atoms with Gasteiger partial charge in [-0.1, -0.05) is 328 Å². The summed E-state index contributed by atoms with van der Waals surface area (Å²) in [6.45, 7) is 47.8. The first-order valence-electron chi connectivity index (χ1n) is 44.7. The van der Waals surface area contributed by atoms with Gasteiger partial charge in [0.05, 0.1) is 20.1 Å². The van der Waals surface area contributed by atoms with Crippen LogP contribution in [0.1, 0.15) is 234 Å². The number of aliphatic carboxylic acids is 3. The minimum absolute atomic E-state index is 0. The molecule has 2 saturated heterocycles. The Kier molecular flexibility index (Phi) is 114. The van der Waals surface area contributed by atoms with Crippen LogP contribution in [0.3, 0.4) is 0 Å². The summed E-state index contributed by atoms with van der Waals surface area (Å²) in [5.74, 6) is -4.66. The van der Waals surface area contributed by atoms with Crippen LogP contribution in [0, 0.1) is 4.93 Å². The van der Waals surface area contributed by atoms with Gasteiger partial charge in [0.15, 0.2) is 11.6 Å². The van der Waals surface area contributed by atoms with E-state index in [1.54, 1.807) is 115 Å². The molecule has 2 aliphatic rings. The number of ether oxygens (including phenoxy) is 7. The molecule has 2 fully saturated rings. The second kappa shape index (κ2) is 99.1. The van der Waals surface area contributed by atoms with E-state index in [9.17, 15) is 72.2 Å². The van der Waals surface area contributed by atoms with E-state index in [0.717, 1.165) is 46.9 Å². The Morgan fingerprint density at radius 2 is 0.800 bits per heavy atom. The van der Waals surface area contributed by atoms with Crippen LogP contribution in [-0.2, 0) is 126 Å². The van der Waals surface area contributed by atoms with Gasteiger partial charge in [0.2, 0.25) is 11.8 Å². The minimum Gasteiger partial charge on any atom is -0.870 e. The van der Waals surface area contributed by atoms with Crippen LogP contribution in [0.2, 0.25) is 0 Å². The van der Waals surface area contributed by atoms with Crippen molar-refractivity contribution in [1.82, 2.24) is 42.1 Å². The van der Waals surface area contributed by atoms with Crippen molar-refractivity contribution in [3.63, 3.8) is 0 Å². The first-order chi connectivity index (χ1) is 67.0. The van der Waals surface area contributed by atoms with Gasteiger partial charge in [-0.05, 0) is 230 Å². The molecule has 0 aromatic heterocycles. The number of carbonyl (C=O) groups excluding carboxylic acids is 11. The third-order valence-corrected chi connectivity index (χ3v) is 18.0. The van der Waals surface area contributed by atoms with Gasteiger partial charge in [-0.25, -0.2) is 43.2 Å². The largest absolute Gasteiger partial charge is 1.00 e. The van der Waals surface area contributed by atoms with Crippen molar-refractivity contribution < 1.29 is 163 Å². The Balaban J connectivity index is -0.000000145. The number of allylic oxidation sites excluding steroid dienone is 3. The molecule has 13 N–H and O–H groups in total. The number of halogens is 12. The van der Waals surface area contributed by atoms with Crippen LogP contribution < -0.4 is 61.8 Å². The van der Waals surface area contributed by atoms with Gasteiger partial charge in [0, 0.05) is 47.7 Å². The minimum atomic E-state index is -1.34. The second-order valence-corrected chi connectivity index (χ2v) is 88.5. The summed E-state index contributed by atoms with van der Waals surface area (Å²) in [5.41, 5.74) is 4.17. The molecule has 49 heteroatoms. The fourth-order valence-corrected chi connectivity index (χ4v) is 11.2. The van der Waals surface area contributed by atoms with E-state index in [1.165, 1.54) is 35.0 Å². The zero-order chi connectivity index (χ0) is 114. The van der Waals surface area contributed by atoms with Crippen LogP contribution in [0.25, 0.3) is 0 Å². The average Bonchev–Trinajstić information content (AvgIpc) is 1.65. The van der Waals surface area contributed by atoms with E-state index >= 15 is 0 Å². The number of alkyl carbamates (subject to hydrolysis) is 5. The zero-order valence-corrected chi connectivity index (χ0v) is 117. The van der Waals surface area contributed by atoms with Crippen molar-refractivity contribution in [3.8, 4) is 0 Å². The monoisotopic (exact) mass is 3480 g/mol. The Morgan fingerprint density at radius 3 is 1.09 bits per heavy atom. The number of rotatable bonds is 31. The van der Waals surface area contributed by atoms with Crippen molar-refractivity contribution in [1.29, 1.82) is 0 Å². The van der Waals surface area contributed by atoms with E-state index in [4.69, 9.17) is 49.1 Å². The molecule has 6 rings (SSSR count). The van der Waals surface area contributed by atoms with Gasteiger partial charge in [-0.2, -0.15) is 0 Å². The molecule has 1 radical (unpaired) electrons. The van der Waals surface area contributed by atoms with Crippen molar-refractivity contribution in [2.45, 2.75) is 319 Å². The molecule has 4 aromatic rings. The molecule has 0 spiro atoms. The Labute approximate surface area is 1070 Å². The summed E-state index contributed by atoms with van der Waals surface area (Å²) in [5, 5.41) is 45.6. The molecule has 2 heterocycles. The molecular formula is C101H160BrI11LiN9O25V2-. The number of alkyl halides is 8. The molecule has 0 saturated carbocycles. The number of carboxylic acid groups (broad SMARTS) is 3. The number of carbonyl (C=O) groups is 14. The van der Waals surface area contributed by atoms with Crippen LogP contribution >= 0.6 is 257 Å². The average molecular weight is 3490 g/mol. The number of likely N-dealkylation sites (tertiary alicyclic amines) is 1. The third kappa shape index (κ3) is 106. The topological polar surface area (TPSA) is 508 Å². The van der Waals surface area contributed by atoms with Gasteiger partial charge in [-0.15, -0.1) is 19.7 Å².